The third-order valence-corrected chi connectivity index (χ3v) is 4.87. The van der Waals surface area contributed by atoms with Gasteiger partial charge in [-0.2, -0.15) is 0 Å². The molecule has 1 atom stereocenters. The lowest BCUT2D eigenvalue weighted by Gasteiger charge is -2.35. The molecular weight excluding hydrogens is 232 g/mol. The SMILES string of the molecule is CCN(CC1CCC1)CC1CNCc2ccccc21. The van der Waals surface area contributed by atoms with Crippen LogP contribution in [0.2, 0.25) is 0 Å². The Balaban J connectivity index is 1.65. The van der Waals surface area contributed by atoms with E-state index in [1.807, 2.05) is 0 Å². The van der Waals surface area contributed by atoms with Crippen LogP contribution in [-0.2, 0) is 6.54 Å². The van der Waals surface area contributed by atoms with Crippen LogP contribution >= 0.6 is 0 Å². The monoisotopic (exact) mass is 258 g/mol. The maximum atomic E-state index is 3.58. The van der Waals surface area contributed by atoms with Gasteiger partial charge in [-0.05, 0) is 36.4 Å². The Morgan fingerprint density at radius 2 is 2.05 bits per heavy atom. The Labute approximate surface area is 117 Å². The van der Waals surface area contributed by atoms with E-state index in [9.17, 15) is 0 Å². The Bertz CT molecular complexity index is 411. The Morgan fingerprint density at radius 3 is 2.79 bits per heavy atom. The van der Waals surface area contributed by atoms with Crippen molar-refractivity contribution in [2.24, 2.45) is 5.92 Å². The fourth-order valence-electron chi connectivity index (χ4n) is 3.43. The fraction of sp³-hybridized carbons (Fsp3) is 0.647. The minimum absolute atomic E-state index is 0.671. The van der Waals surface area contributed by atoms with Crippen molar-refractivity contribution in [1.82, 2.24) is 10.2 Å². The first kappa shape index (κ1) is 13.1. The highest BCUT2D eigenvalue weighted by atomic mass is 15.1. The van der Waals surface area contributed by atoms with Gasteiger partial charge in [0.1, 0.15) is 0 Å². The highest BCUT2D eigenvalue weighted by Gasteiger charge is 2.24. The molecule has 2 aliphatic rings. The molecule has 2 heteroatoms. The van der Waals surface area contributed by atoms with Crippen LogP contribution < -0.4 is 5.32 Å². The zero-order valence-corrected chi connectivity index (χ0v) is 12.1. The molecule has 0 bridgehead atoms. The van der Waals surface area contributed by atoms with Crippen molar-refractivity contribution in [3.8, 4) is 0 Å². The van der Waals surface area contributed by atoms with Crippen molar-refractivity contribution >= 4 is 0 Å². The molecule has 104 valence electrons. The Hall–Kier alpha value is -0.860. The quantitative estimate of drug-likeness (QED) is 0.873. The molecule has 1 unspecified atom stereocenters. The Kier molecular flexibility index (Phi) is 4.19. The van der Waals surface area contributed by atoms with E-state index in [2.05, 4.69) is 41.4 Å². The van der Waals surface area contributed by atoms with Crippen LogP contribution in [0.15, 0.2) is 24.3 Å². The second-order valence-corrected chi connectivity index (χ2v) is 6.18. The van der Waals surface area contributed by atoms with Crippen LogP contribution in [0.5, 0.6) is 0 Å². The molecule has 2 nitrogen and oxygen atoms in total. The molecule has 1 aromatic rings. The van der Waals surface area contributed by atoms with E-state index < -0.39 is 0 Å². The first-order valence-corrected chi connectivity index (χ1v) is 7.87. The highest BCUT2D eigenvalue weighted by Crippen LogP contribution is 2.29. The van der Waals surface area contributed by atoms with Crippen LogP contribution in [0.25, 0.3) is 0 Å². The summed E-state index contributed by atoms with van der Waals surface area (Å²) in [5, 5.41) is 3.58. The van der Waals surface area contributed by atoms with Crippen molar-refractivity contribution in [2.45, 2.75) is 38.6 Å². The minimum atomic E-state index is 0.671. The van der Waals surface area contributed by atoms with Gasteiger partial charge in [-0.25, -0.2) is 0 Å². The van der Waals surface area contributed by atoms with Crippen LogP contribution in [-0.4, -0.2) is 31.1 Å². The normalized spacial score (nSPS) is 23.2. The number of nitrogens with one attached hydrogen (secondary N) is 1. The molecule has 0 radical (unpaired) electrons. The maximum Gasteiger partial charge on any atom is 0.0208 e. The van der Waals surface area contributed by atoms with Crippen LogP contribution in [0, 0.1) is 5.92 Å². The van der Waals surface area contributed by atoms with Gasteiger partial charge in [-0.3, -0.25) is 0 Å². The summed E-state index contributed by atoms with van der Waals surface area (Å²) in [6.07, 6.45) is 4.36. The average molecular weight is 258 g/mol. The average Bonchev–Trinajstić information content (AvgIpc) is 2.41. The molecular formula is C17H26N2. The number of benzene rings is 1. The zero-order chi connectivity index (χ0) is 13.1. The topological polar surface area (TPSA) is 15.3 Å². The molecule has 1 heterocycles. The maximum absolute atomic E-state index is 3.58. The number of nitrogens with zero attached hydrogens (tertiary/aromatic N) is 1. The van der Waals surface area contributed by atoms with Crippen molar-refractivity contribution in [2.75, 3.05) is 26.2 Å². The lowest BCUT2D eigenvalue weighted by Crippen LogP contribution is -2.39. The molecule has 0 spiro atoms. The largest absolute Gasteiger partial charge is 0.312 e. The summed E-state index contributed by atoms with van der Waals surface area (Å²) in [5.74, 6) is 1.65. The van der Waals surface area contributed by atoms with Crippen LogP contribution in [0.4, 0.5) is 0 Å². The number of hydrogen-bond donors (Lipinski definition) is 1. The predicted octanol–water partition coefficient (Wildman–Crippen LogP) is 3.00. The molecule has 1 fully saturated rings. The van der Waals surface area contributed by atoms with E-state index in [1.165, 1.54) is 44.5 Å². The molecule has 19 heavy (non-hydrogen) atoms. The third kappa shape index (κ3) is 3.01. The summed E-state index contributed by atoms with van der Waals surface area (Å²) in [4.78, 5) is 2.66. The van der Waals surface area contributed by atoms with E-state index >= 15 is 0 Å². The Morgan fingerprint density at radius 1 is 1.21 bits per heavy atom. The third-order valence-electron chi connectivity index (χ3n) is 4.87. The van der Waals surface area contributed by atoms with Crippen molar-refractivity contribution in [3.05, 3.63) is 35.4 Å². The van der Waals surface area contributed by atoms with E-state index in [-0.39, 0.29) is 0 Å². The number of likely N-dealkylation sites (N-methyl/N-ethyl adjacent to an activating group) is 1. The van der Waals surface area contributed by atoms with Gasteiger partial charge in [-0.1, -0.05) is 37.6 Å². The van der Waals surface area contributed by atoms with E-state index in [4.69, 9.17) is 0 Å². The van der Waals surface area contributed by atoms with Gasteiger partial charge in [0.25, 0.3) is 0 Å². The van der Waals surface area contributed by atoms with E-state index in [1.54, 1.807) is 5.56 Å². The smallest absolute Gasteiger partial charge is 0.0208 e. The summed E-state index contributed by atoms with van der Waals surface area (Å²) < 4.78 is 0. The van der Waals surface area contributed by atoms with Gasteiger partial charge in [0, 0.05) is 32.1 Å². The van der Waals surface area contributed by atoms with Gasteiger partial charge < -0.3 is 10.2 Å². The molecule has 1 N–H and O–H groups in total. The second kappa shape index (κ2) is 6.06. The van der Waals surface area contributed by atoms with Crippen molar-refractivity contribution < 1.29 is 0 Å². The molecule has 3 rings (SSSR count). The highest BCUT2D eigenvalue weighted by molar-refractivity contribution is 5.32. The molecule has 0 amide bonds. The zero-order valence-electron chi connectivity index (χ0n) is 12.1. The molecule has 0 aromatic heterocycles. The summed E-state index contributed by atoms with van der Waals surface area (Å²) in [5.41, 5.74) is 3.08. The van der Waals surface area contributed by atoms with Gasteiger partial charge in [0.05, 0.1) is 0 Å². The molecule has 1 aromatic carbocycles. The summed E-state index contributed by atoms with van der Waals surface area (Å²) in [6, 6.07) is 8.96. The molecule has 0 saturated heterocycles. The minimum Gasteiger partial charge on any atom is -0.312 e. The molecule has 1 saturated carbocycles. The summed E-state index contributed by atoms with van der Waals surface area (Å²) in [6.45, 7) is 8.21. The lowest BCUT2D eigenvalue weighted by molar-refractivity contribution is 0.174. The van der Waals surface area contributed by atoms with Gasteiger partial charge in [0.2, 0.25) is 0 Å². The fourth-order valence-corrected chi connectivity index (χ4v) is 3.43. The predicted molar refractivity (Wildman–Crippen MR) is 80.3 cm³/mol. The van der Waals surface area contributed by atoms with E-state index in [0.717, 1.165) is 19.0 Å². The van der Waals surface area contributed by atoms with Crippen molar-refractivity contribution in [3.63, 3.8) is 0 Å². The number of hydrogen-bond acceptors (Lipinski definition) is 2. The standard InChI is InChI=1S/C17H26N2/c1-2-19(12-14-6-5-7-14)13-16-11-18-10-15-8-3-4-9-17(15)16/h3-4,8-9,14,16,18H,2,5-7,10-13H2,1H3. The first-order chi connectivity index (χ1) is 9.36. The van der Waals surface area contributed by atoms with Gasteiger partial charge in [-0.15, -0.1) is 0 Å². The number of fused-ring (bicyclic) bond motifs is 1. The lowest BCUT2D eigenvalue weighted by atomic mass is 9.84. The number of rotatable bonds is 5. The first-order valence-electron chi connectivity index (χ1n) is 7.87. The van der Waals surface area contributed by atoms with Gasteiger partial charge >= 0.3 is 0 Å². The van der Waals surface area contributed by atoms with Crippen molar-refractivity contribution in [1.29, 1.82) is 0 Å². The summed E-state index contributed by atoms with van der Waals surface area (Å²) in [7, 11) is 0. The second-order valence-electron chi connectivity index (χ2n) is 6.18. The summed E-state index contributed by atoms with van der Waals surface area (Å²) >= 11 is 0. The molecule has 1 aliphatic heterocycles. The van der Waals surface area contributed by atoms with Crippen LogP contribution in [0.1, 0.15) is 43.2 Å². The van der Waals surface area contributed by atoms with E-state index in [0.29, 0.717) is 5.92 Å². The van der Waals surface area contributed by atoms with Gasteiger partial charge in [0.15, 0.2) is 0 Å². The molecule has 1 aliphatic carbocycles. The van der Waals surface area contributed by atoms with Crippen LogP contribution in [0.3, 0.4) is 0 Å².